The predicted molar refractivity (Wildman–Crippen MR) is 52.6 cm³/mol. The molecule has 0 fully saturated rings. The van der Waals surface area contributed by atoms with Crippen LogP contribution in [0.2, 0.25) is 0 Å². The van der Waals surface area contributed by atoms with Crippen LogP contribution in [0.3, 0.4) is 0 Å². The Bertz CT molecular complexity index is 678. The summed E-state index contributed by atoms with van der Waals surface area (Å²) in [6.07, 6.45) is 1.32. The predicted octanol–water partition coefficient (Wildman–Crippen LogP) is -1.34. The Morgan fingerprint density at radius 1 is 1.56 bits per heavy atom. The minimum Gasteiger partial charge on any atom is -0.328 e. The van der Waals surface area contributed by atoms with Crippen molar-refractivity contribution in [1.82, 2.24) is 19.1 Å². The fourth-order valence-electron chi connectivity index (χ4n) is 1.44. The van der Waals surface area contributed by atoms with Gasteiger partial charge >= 0.3 is 5.69 Å². The SMILES string of the molecule is Cn1cnc2c1c(=O)[nH]c(=O)n2C[N+](=O)[O-]. The number of nitrogens with one attached hydrogen (secondary N) is 1. The van der Waals surface area contributed by atoms with E-state index in [0.29, 0.717) is 0 Å². The van der Waals surface area contributed by atoms with Gasteiger partial charge in [-0.3, -0.25) is 19.9 Å². The molecule has 0 saturated carbocycles. The van der Waals surface area contributed by atoms with Crippen molar-refractivity contribution in [2.45, 2.75) is 6.67 Å². The van der Waals surface area contributed by atoms with Gasteiger partial charge in [0.25, 0.3) is 12.2 Å². The summed E-state index contributed by atoms with van der Waals surface area (Å²) in [5.41, 5.74) is -1.32. The average Bonchev–Trinajstić information content (AvgIpc) is 2.55. The first-order chi connectivity index (χ1) is 7.50. The number of imidazole rings is 1. The van der Waals surface area contributed by atoms with Gasteiger partial charge in [0.05, 0.1) is 6.33 Å². The Morgan fingerprint density at radius 2 is 2.25 bits per heavy atom. The number of aryl methyl sites for hydroxylation is 1. The van der Waals surface area contributed by atoms with Crippen molar-refractivity contribution in [3.8, 4) is 0 Å². The highest BCUT2D eigenvalue weighted by atomic mass is 16.6. The van der Waals surface area contributed by atoms with E-state index in [9.17, 15) is 19.7 Å². The summed E-state index contributed by atoms with van der Waals surface area (Å²) in [6, 6.07) is 0. The van der Waals surface area contributed by atoms with E-state index in [1.807, 2.05) is 4.98 Å². The minimum atomic E-state index is -0.840. The van der Waals surface area contributed by atoms with Crippen LogP contribution in [0.25, 0.3) is 11.2 Å². The van der Waals surface area contributed by atoms with Gasteiger partial charge in [0, 0.05) is 12.0 Å². The van der Waals surface area contributed by atoms with Crippen molar-refractivity contribution in [2.75, 3.05) is 0 Å². The number of nitrogens with zero attached hydrogens (tertiary/aromatic N) is 4. The van der Waals surface area contributed by atoms with Gasteiger partial charge in [-0.2, -0.15) is 0 Å². The van der Waals surface area contributed by atoms with Crippen molar-refractivity contribution >= 4 is 11.2 Å². The smallest absolute Gasteiger partial charge is 0.328 e. The maximum absolute atomic E-state index is 11.4. The second-order valence-corrected chi connectivity index (χ2v) is 3.19. The van der Waals surface area contributed by atoms with Gasteiger partial charge in [0.2, 0.25) is 0 Å². The summed E-state index contributed by atoms with van der Waals surface area (Å²) in [4.78, 5) is 38.3. The quantitative estimate of drug-likeness (QED) is 0.501. The minimum absolute atomic E-state index is 0.00736. The van der Waals surface area contributed by atoms with Crippen LogP contribution in [-0.2, 0) is 13.7 Å². The van der Waals surface area contributed by atoms with Crippen LogP contribution in [0.4, 0.5) is 0 Å². The molecule has 0 saturated heterocycles. The third-order valence-electron chi connectivity index (χ3n) is 2.11. The highest BCUT2D eigenvalue weighted by Crippen LogP contribution is 2.03. The van der Waals surface area contributed by atoms with Gasteiger partial charge in [-0.1, -0.05) is 0 Å². The summed E-state index contributed by atoms with van der Waals surface area (Å²) in [5.74, 6) is 0. The van der Waals surface area contributed by atoms with Gasteiger partial charge in [0.1, 0.15) is 0 Å². The topological polar surface area (TPSA) is 116 Å². The molecule has 0 unspecified atom stereocenters. The van der Waals surface area contributed by atoms with Gasteiger partial charge in [0.15, 0.2) is 11.2 Å². The van der Waals surface area contributed by atoms with Crippen LogP contribution in [0.5, 0.6) is 0 Å². The van der Waals surface area contributed by atoms with Gasteiger partial charge in [-0.05, 0) is 0 Å². The standard InChI is InChI=1S/C7H7N5O4/c1-10-2-8-5-4(10)6(13)9-7(14)11(5)3-12(15)16/h2H,3H2,1H3,(H,9,13,14). The Kier molecular flexibility index (Phi) is 2.07. The molecule has 0 aliphatic carbocycles. The zero-order valence-electron chi connectivity index (χ0n) is 8.21. The molecule has 0 spiro atoms. The van der Waals surface area contributed by atoms with Crippen molar-refractivity contribution in [1.29, 1.82) is 0 Å². The molecule has 0 radical (unpaired) electrons. The lowest BCUT2D eigenvalue weighted by atomic mass is 10.5. The number of rotatable bonds is 2. The highest BCUT2D eigenvalue weighted by Gasteiger charge is 2.14. The highest BCUT2D eigenvalue weighted by molar-refractivity contribution is 5.69. The van der Waals surface area contributed by atoms with Crippen molar-refractivity contribution in [3.05, 3.63) is 37.3 Å². The van der Waals surface area contributed by atoms with Crippen LogP contribution >= 0.6 is 0 Å². The van der Waals surface area contributed by atoms with E-state index in [0.717, 1.165) is 4.57 Å². The van der Waals surface area contributed by atoms with E-state index < -0.39 is 22.8 Å². The molecule has 2 aromatic rings. The lowest BCUT2D eigenvalue weighted by Crippen LogP contribution is -2.32. The van der Waals surface area contributed by atoms with Crippen molar-refractivity contribution < 1.29 is 4.92 Å². The second-order valence-electron chi connectivity index (χ2n) is 3.19. The number of fused-ring (bicyclic) bond motifs is 1. The van der Waals surface area contributed by atoms with Crippen LogP contribution in [0.15, 0.2) is 15.9 Å². The molecule has 0 aromatic carbocycles. The number of nitro groups is 1. The van der Waals surface area contributed by atoms with E-state index in [1.165, 1.54) is 10.9 Å². The zero-order chi connectivity index (χ0) is 11.9. The van der Waals surface area contributed by atoms with Crippen molar-refractivity contribution in [2.24, 2.45) is 7.05 Å². The van der Waals surface area contributed by atoms with Crippen LogP contribution in [0, 0.1) is 10.1 Å². The zero-order valence-corrected chi connectivity index (χ0v) is 8.21. The lowest BCUT2D eigenvalue weighted by Gasteiger charge is -2.00. The van der Waals surface area contributed by atoms with Gasteiger partial charge in [-0.25, -0.2) is 14.3 Å². The molecule has 0 atom stereocenters. The first-order valence-electron chi connectivity index (χ1n) is 4.26. The summed E-state index contributed by atoms with van der Waals surface area (Å²) in [5, 5.41) is 10.4. The van der Waals surface area contributed by atoms with E-state index in [2.05, 4.69) is 4.98 Å². The molecule has 2 rings (SSSR count). The third kappa shape index (κ3) is 1.38. The van der Waals surface area contributed by atoms with E-state index in [1.54, 1.807) is 7.05 Å². The summed E-state index contributed by atoms with van der Waals surface area (Å²) in [7, 11) is 1.56. The first kappa shape index (κ1) is 10.1. The Balaban J connectivity index is 2.88. The molecule has 84 valence electrons. The average molecular weight is 225 g/mol. The summed E-state index contributed by atoms with van der Waals surface area (Å²) in [6.45, 7) is -0.733. The number of H-pyrrole nitrogens is 1. The maximum Gasteiger partial charge on any atom is 0.335 e. The Morgan fingerprint density at radius 3 is 2.88 bits per heavy atom. The molecule has 1 N–H and O–H groups in total. The third-order valence-corrected chi connectivity index (χ3v) is 2.11. The molecule has 0 aliphatic rings. The molecular formula is C7H7N5O4. The van der Waals surface area contributed by atoms with E-state index >= 15 is 0 Å². The van der Waals surface area contributed by atoms with Gasteiger partial charge in [-0.15, -0.1) is 0 Å². The maximum atomic E-state index is 11.4. The summed E-state index contributed by atoms with van der Waals surface area (Å²) < 4.78 is 2.20. The Labute approximate surface area is 87.1 Å². The molecule has 2 aromatic heterocycles. The molecule has 16 heavy (non-hydrogen) atoms. The molecule has 9 heteroatoms. The summed E-state index contributed by atoms with van der Waals surface area (Å²) >= 11 is 0. The van der Waals surface area contributed by atoms with E-state index in [4.69, 9.17) is 0 Å². The van der Waals surface area contributed by atoms with Gasteiger partial charge < -0.3 is 4.57 Å². The second kappa shape index (κ2) is 3.29. The van der Waals surface area contributed by atoms with Crippen LogP contribution < -0.4 is 11.2 Å². The number of hydrogen-bond acceptors (Lipinski definition) is 5. The van der Waals surface area contributed by atoms with Crippen molar-refractivity contribution in [3.63, 3.8) is 0 Å². The monoisotopic (exact) mass is 225 g/mol. The van der Waals surface area contributed by atoms with Crippen LogP contribution in [-0.4, -0.2) is 24.0 Å². The Hall–Kier alpha value is -2.45. The van der Waals surface area contributed by atoms with Crippen LogP contribution in [0.1, 0.15) is 0 Å². The number of aromatic nitrogens is 4. The normalized spacial score (nSPS) is 10.8. The molecule has 2 heterocycles. The molecule has 0 amide bonds. The molecule has 0 aliphatic heterocycles. The molecule has 0 bridgehead atoms. The fourth-order valence-corrected chi connectivity index (χ4v) is 1.44. The molecule has 9 nitrogen and oxygen atoms in total. The number of aromatic amines is 1. The van der Waals surface area contributed by atoms with E-state index in [-0.39, 0.29) is 11.2 Å². The largest absolute Gasteiger partial charge is 0.335 e. The first-order valence-corrected chi connectivity index (χ1v) is 4.26. The lowest BCUT2D eigenvalue weighted by molar-refractivity contribution is -0.513. The molecular weight excluding hydrogens is 218 g/mol. The number of hydrogen-bond donors (Lipinski definition) is 1. The fraction of sp³-hybridized carbons (Fsp3) is 0.286.